The first kappa shape index (κ1) is 17.0. The predicted molar refractivity (Wildman–Crippen MR) is 77.7 cm³/mol. The Morgan fingerprint density at radius 1 is 1.30 bits per heavy atom. The third-order valence-corrected chi connectivity index (χ3v) is 3.07. The molecule has 0 atom stereocenters. The van der Waals surface area contributed by atoms with Crippen molar-refractivity contribution < 1.29 is 27.8 Å². The number of hydrogen-bond donors (Lipinski definition) is 2. The minimum atomic E-state index is -2.99. The standard InChI is InChI=1S/C15H18F2N2O4/c1-2-22-12-7-9(3-6-11(12)23-15(16)17)14(21)18-8-13(20)19-10-4-5-10/h3,6-7,10,15H,2,4-5,8H2,1H3,(H,18,21)(H,19,20). The van der Waals surface area contributed by atoms with E-state index in [0.717, 1.165) is 12.8 Å². The van der Waals surface area contributed by atoms with Crippen LogP contribution in [-0.4, -0.2) is 37.6 Å². The normalized spacial score (nSPS) is 13.6. The van der Waals surface area contributed by atoms with Crippen LogP contribution in [0.3, 0.4) is 0 Å². The highest BCUT2D eigenvalue weighted by atomic mass is 19.3. The molecule has 2 amide bonds. The number of rotatable bonds is 8. The fourth-order valence-electron chi connectivity index (χ4n) is 1.88. The highest BCUT2D eigenvalue weighted by molar-refractivity contribution is 5.97. The second-order valence-corrected chi connectivity index (χ2v) is 5.00. The van der Waals surface area contributed by atoms with Gasteiger partial charge in [0.2, 0.25) is 5.91 Å². The molecule has 1 aromatic rings. The number of carbonyl (C=O) groups is 2. The van der Waals surface area contributed by atoms with Gasteiger partial charge in [0, 0.05) is 11.6 Å². The van der Waals surface area contributed by atoms with Crippen molar-refractivity contribution in [2.45, 2.75) is 32.4 Å². The van der Waals surface area contributed by atoms with Crippen LogP contribution < -0.4 is 20.1 Å². The zero-order chi connectivity index (χ0) is 16.8. The van der Waals surface area contributed by atoms with E-state index in [1.54, 1.807) is 6.92 Å². The van der Waals surface area contributed by atoms with Gasteiger partial charge in [0.05, 0.1) is 13.2 Å². The number of amides is 2. The minimum absolute atomic E-state index is 0.0443. The summed E-state index contributed by atoms with van der Waals surface area (Å²) in [6, 6.07) is 4.08. The van der Waals surface area contributed by atoms with Crippen LogP contribution in [-0.2, 0) is 4.79 Å². The molecule has 0 heterocycles. The van der Waals surface area contributed by atoms with E-state index < -0.39 is 12.5 Å². The number of alkyl halides is 2. The molecule has 0 saturated heterocycles. The molecule has 1 aliphatic carbocycles. The summed E-state index contributed by atoms with van der Waals surface area (Å²) in [4.78, 5) is 23.5. The van der Waals surface area contributed by atoms with E-state index in [1.807, 2.05) is 0 Å². The Bertz CT molecular complexity index is 577. The number of hydrogen-bond acceptors (Lipinski definition) is 4. The molecular weight excluding hydrogens is 310 g/mol. The molecule has 0 radical (unpaired) electrons. The first-order valence-corrected chi connectivity index (χ1v) is 7.28. The van der Waals surface area contributed by atoms with Gasteiger partial charge >= 0.3 is 6.61 Å². The van der Waals surface area contributed by atoms with E-state index in [4.69, 9.17) is 4.74 Å². The van der Waals surface area contributed by atoms with Crippen molar-refractivity contribution in [1.29, 1.82) is 0 Å². The van der Waals surface area contributed by atoms with Crippen molar-refractivity contribution >= 4 is 11.8 Å². The predicted octanol–water partition coefficient (Wildman–Crippen LogP) is 1.70. The Morgan fingerprint density at radius 3 is 2.65 bits per heavy atom. The fraction of sp³-hybridized carbons (Fsp3) is 0.467. The molecule has 8 heteroatoms. The summed E-state index contributed by atoms with van der Waals surface area (Å²) in [6.45, 7) is -1.22. The molecule has 0 aromatic heterocycles. The summed E-state index contributed by atoms with van der Waals surface area (Å²) in [5.74, 6) is -0.864. The van der Waals surface area contributed by atoms with Crippen LogP contribution in [0.25, 0.3) is 0 Å². The number of carbonyl (C=O) groups excluding carboxylic acids is 2. The molecule has 1 saturated carbocycles. The molecule has 2 N–H and O–H groups in total. The Morgan fingerprint density at radius 2 is 2.04 bits per heavy atom. The van der Waals surface area contributed by atoms with E-state index in [1.165, 1.54) is 18.2 Å². The van der Waals surface area contributed by atoms with Crippen LogP contribution in [0.1, 0.15) is 30.1 Å². The highest BCUT2D eigenvalue weighted by Gasteiger charge is 2.23. The maximum Gasteiger partial charge on any atom is 0.387 e. The molecule has 1 aromatic carbocycles. The van der Waals surface area contributed by atoms with E-state index in [2.05, 4.69) is 15.4 Å². The van der Waals surface area contributed by atoms with Gasteiger partial charge < -0.3 is 20.1 Å². The van der Waals surface area contributed by atoms with E-state index in [9.17, 15) is 18.4 Å². The van der Waals surface area contributed by atoms with Gasteiger partial charge in [-0.1, -0.05) is 0 Å². The molecule has 6 nitrogen and oxygen atoms in total. The van der Waals surface area contributed by atoms with Gasteiger partial charge in [-0.25, -0.2) is 0 Å². The maximum absolute atomic E-state index is 12.3. The van der Waals surface area contributed by atoms with Crippen LogP contribution in [0.4, 0.5) is 8.78 Å². The Labute approximate surface area is 132 Å². The highest BCUT2D eigenvalue weighted by Crippen LogP contribution is 2.29. The lowest BCUT2D eigenvalue weighted by Crippen LogP contribution is -2.37. The van der Waals surface area contributed by atoms with Crippen molar-refractivity contribution in [3.05, 3.63) is 23.8 Å². The van der Waals surface area contributed by atoms with Crippen LogP contribution in [0.2, 0.25) is 0 Å². The third kappa shape index (κ3) is 5.39. The molecular formula is C15H18F2N2O4. The maximum atomic E-state index is 12.3. The number of halogens is 2. The molecule has 1 aliphatic rings. The van der Waals surface area contributed by atoms with Crippen molar-refractivity contribution in [2.24, 2.45) is 0 Å². The summed E-state index contributed by atoms with van der Waals surface area (Å²) in [5.41, 5.74) is 0.189. The van der Waals surface area contributed by atoms with Crippen molar-refractivity contribution in [3.63, 3.8) is 0 Å². The average Bonchev–Trinajstić information content (AvgIpc) is 3.30. The molecule has 0 unspecified atom stereocenters. The topological polar surface area (TPSA) is 76.7 Å². The zero-order valence-corrected chi connectivity index (χ0v) is 12.6. The molecule has 23 heavy (non-hydrogen) atoms. The fourth-order valence-corrected chi connectivity index (χ4v) is 1.88. The summed E-state index contributed by atoms with van der Waals surface area (Å²) in [7, 11) is 0. The average molecular weight is 328 g/mol. The summed E-state index contributed by atoms with van der Waals surface area (Å²) in [5, 5.41) is 5.21. The first-order chi connectivity index (χ1) is 11.0. The Kier molecular flexibility index (Phi) is 5.72. The van der Waals surface area contributed by atoms with Crippen molar-refractivity contribution in [3.8, 4) is 11.5 Å². The quantitative estimate of drug-likeness (QED) is 0.761. The third-order valence-electron chi connectivity index (χ3n) is 3.07. The lowest BCUT2D eigenvalue weighted by Gasteiger charge is -2.12. The van der Waals surface area contributed by atoms with E-state index in [-0.39, 0.29) is 42.2 Å². The number of ether oxygens (including phenoxy) is 2. The Balaban J connectivity index is 1.98. The van der Waals surface area contributed by atoms with Gasteiger partial charge in [0.1, 0.15) is 0 Å². The van der Waals surface area contributed by atoms with Crippen LogP contribution in [0.15, 0.2) is 18.2 Å². The second-order valence-electron chi connectivity index (χ2n) is 5.00. The Hall–Kier alpha value is -2.38. The summed E-state index contributed by atoms with van der Waals surface area (Å²) in [6.07, 6.45) is 1.92. The number of benzene rings is 1. The summed E-state index contributed by atoms with van der Waals surface area (Å²) >= 11 is 0. The van der Waals surface area contributed by atoms with Gasteiger partial charge in [-0.2, -0.15) is 8.78 Å². The van der Waals surface area contributed by atoms with E-state index in [0.29, 0.717) is 0 Å². The van der Waals surface area contributed by atoms with E-state index >= 15 is 0 Å². The molecule has 0 bridgehead atoms. The largest absolute Gasteiger partial charge is 0.490 e. The second kappa shape index (κ2) is 7.75. The monoisotopic (exact) mass is 328 g/mol. The van der Waals surface area contributed by atoms with Crippen LogP contribution in [0.5, 0.6) is 11.5 Å². The van der Waals surface area contributed by atoms with Gasteiger partial charge in [-0.15, -0.1) is 0 Å². The molecule has 0 aliphatic heterocycles. The number of nitrogens with one attached hydrogen (secondary N) is 2. The smallest absolute Gasteiger partial charge is 0.387 e. The van der Waals surface area contributed by atoms with Crippen LogP contribution in [0, 0.1) is 0 Å². The molecule has 0 spiro atoms. The molecule has 1 fully saturated rings. The van der Waals surface area contributed by atoms with Gasteiger partial charge in [0.25, 0.3) is 5.91 Å². The molecule has 126 valence electrons. The van der Waals surface area contributed by atoms with Crippen molar-refractivity contribution in [1.82, 2.24) is 10.6 Å². The minimum Gasteiger partial charge on any atom is -0.490 e. The van der Waals surface area contributed by atoms with Gasteiger partial charge in [-0.3, -0.25) is 9.59 Å². The van der Waals surface area contributed by atoms with Gasteiger partial charge in [0.15, 0.2) is 11.5 Å². The molecule has 2 rings (SSSR count). The lowest BCUT2D eigenvalue weighted by molar-refractivity contribution is -0.120. The first-order valence-electron chi connectivity index (χ1n) is 7.28. The van der Waals surface area contributed by atoms with Crippen LogP contribution >= 0.6 is 0 Å². The van der Waals surface area contributed by atoms with Crippen molar-refractivity contribution in [2.75, 3.05) is 13.2 Å². The summed E-state index contributed by atoms with van der Waals surface area (Å²) < 4.78 is 34.2. The zero-order valence-electron chi connectivity index (χ0n) is 12.6. The van der Waals surface area contributed by atoms with Gasteiger partial charge in [-0.05, 0) is 38.0 Å². The SMILES string of the molecule is CCOc1cc(C(=O)NCC(=O)NC2CC2)ccc1OC(F)F. The lowest BCUT2D eigenvalue weighted by atomic mass is 10.2.